The van der Waals surface area contributed by atoms with E-state index >= 15 is 0 Å². The van der Waals surface area contributed by atoms with E-state index in [-0.39, 0.29) is 6.04 Å². The molecule has 1 rings (SSSR count). The van der Waals surface area contributed by atoms with Crippen LogP contribution in [0.4, 0.5) is 5.82 Å². The summed E-state index contributed by atoms with van der Waals surface area (Å²) in [6, 6.07) is 3.90. The minimum absolute atomic E-state index is 0.253. The molecule has 0 bridgehead atoms. The summed E-state index contributed by atoms with van der Waals surface area (Å²) < 4.78 is 0. The highest BCUT2D eigenvalue weighted by molar-refractivity contribution is 6.32. The third kappa shape index (κ3) is 2.48. The number of aromatic nitrogens is 1. The predicted octanol–water partition coefficient (Wildman–Crippen LogP) is 0.567. The van der Waals surface area contributed by atoms with Crippen LogP contribution < -0.4 is 10.8 Å². The zero-order valence-corrected chi connectivity index (χ0v) is 7.70. The van der Waals surface area contributed by atoms with Gasteiger partial charge >= 0.3 is 0 Å². The van der Waals surface area contributed by atoms with E-state index in [2.05, 4.69) is 10.3 Å². The quantitative estimate of drug-likeness (QED) is 0.661. The Hall–Kier alpha value is -1.50. The zero-order chi connectivity index (χ0) is 9.84. The van der Waals surface area contributed by atoms with Crippen molar-refractivity contribution in [1.82, 2.24) is 4.98 Å². The summed E-state index contributed by atoms with van der Waals surface area (Å²) in [5, 5.41) is 11.8. The second-order valence-corrected chi connectivity index (χ2v) is 3.08. The van der Waals surface area contributed by atoms with E-state index in [4.69, 9.17) is 13.1 Å². The van der Waals surface area contributed by atoms with Crippen LogP contribution in [0.15, 0.2) is 12.3 Å². The van der Waals surface area contributed by atoms with Gasteiger partial charge in [0.15, 0.2) is 0 Å². The van der Waals surface area contributed by atoms with Gasteiger partial charge in [-0.25, -0.2) is 4.98 Å². The summed E-state index contributed by atoms with van der Waals surface area (Å²) in [7, 11) is 5.49. The van der Waals surface area contributed by atoms with Crippen LogP contribution in [0.3, 0.4) is 0 Å². The SMILES string of the molecule is [B]c1cnc(NC(C)C)c(C#N)c1. The molecule has 3 nitrogen and oxygen atoms in total. The van der Waals surface area contributed by atoms with Crippen molar-refractivity contribution >= 4 is 19.1 Å². The highest BCUT2D eigenvalue weighted by Gasteiger charge is 2.03. The fraction of sp³-hybridized carbons (Fsp3) is 0.333. The Kier molecular flexibility index (Phi) is 2.91. The molecule has 0 saturated heterocycles. The van der Waals surface area contributed by atoms with Crippen molar-refractivity contribution in [2.75, 3.05) is 5.32 Å². The largest absolute Gasteiger partial charge is 0.367 e. The molecular formula is C9H10BN3. The highest BCUT2D eigenvalue weighted by Crippen LogP contribution is 2.09. The molecular weight excluding hydrogens is 161 g/mol. The average Bonchev–Trinajstić information content (AvgIpc) is 2.07. The van der Waals surface area contributed by atoms with Crippen molar-refractivity contribution in [3.05, 3.63) is 17.8 Å². The minimum Gasteiger partial charge on any atom is -0.367 e. The van der Waals surface area contributed by atoms with Crippen molar-refractivity contribution in [2.24, 2.45) is 0 Å². The van der Waals surface area contributed by atoms with Crippen molar-refractivity contribution < 1.29 is 0 Å². The maximum Gasteiger partial charge on any atom is 0.144 e. The third-order valence-electron chi connectivity index (χ3n) is 1.45. The Morgan fingerprint density at radius 2 is 2.31 bits per heavy atom. The molecule has 0 atom stereocenters. The first kappa shape index (κ1) is 9.59. The van der Waals surface area contributed by atoms with Gasteiger partial charge in [0.25, 0.3) is 0 Å². The molecule has 2 radical (unpaired) electrons. The zero-order valence-electron chi connectivity index (χ0n) is 7.70. The molecule has 1 N–H and O–H groups in total. The second-order valence-electron chi connectivity index (χ2n) is 3.08. The molecule has 0 aliphatic carbocycles. The predicted molar refractivity (Wildman–Crippen MR) is 53.1 cm³/mol. The van der Waals surface area contributed by atoms with Gasteiger partial charge in [-0.15, -0.1) is 0 Å². The molecule has 0 saturated carbocycles. The van der Waals surface area contributed by atoms with E-state index in [1.54, 1.807) is 6.07 Å². The van der Waals surface area contributed by atoms with Crippen molar-refractivity contribution in [2.45, 2.75) is 19.9 Å². The van der Waals surface area contributed by atoms with Crippen molar-refractivity contribution in [3.63, 3.8) is 0 Å². The first-order valence-electron chi connectivity index (χ1n) is 4.05. The topological polar surface area (TPSA) is 48.7 Å². The Labute approximate surface area is 79.2 Å². The van der Waals surface area contributed by atoms with Crippen LogP contribution in [0.2, 0.25) is 0 Å². The van der Waals surface area contributed by atoms with Gasteiger partial charge < -0.3 is 5.32 Å². The number of nitrogens with zero attached hydrogens (tertiary/aromatic N) is 2. The first-order chi connectivity index (χ1) is 6.13. The molecule has 0 aliphatic rings. The number of rotatable bonds is 2. The van der Waals surface area contributed by atoms with Gasteiger partial charge in [-0.05, 0) is 19.9 Å². The number of pyridine rings is 1. The Balaban J connectivity index is 3.01. The van der Waals surface area contributed by atoms with Crippen LogP contribution >= 0.6 is 0 Å². The van der Waals surface area contributed by atoms with Crippen LogP contribution in [-0.4, -0.2) is 18.9 Å². The van der Waals surface area contributed by atoms with Gasteiger partial charge in [-0.1, -0.05) is 5.46 Å². The van der Waals surface area contributed by atoms with E-state index in [9.17, 15) is 0 Å². The molecule has 13 heavy (non-hydrogen) atoms. The Morgan fingerprint density at radius 3 is 2.85 bits per heavy atom. The van der Waals surface area contributed by atoms with E-state index in [1.165, 1.54) is 6.20 Å². The molecule has 4 heteroatoms. The lowest BCUT2D eigenvalue weighted by atomic mass is 9.97. The molecule has 0 spiro atoms. The molecule has 0 fully saturated rings. The van der Waals surface area contributed by atoms with Gasteiger partial charge in [-0.3, -0.25) is 0 Å². The maximum atomic E-state index is 8.77. The van der Waals surface area contributed by atoms with Crippen LogP contribution in [0.25, 0.3) is 0 Å². The number of anilines is 1. The van der Waals surface area contributed by atoms with Crippen LogP contribution in [0.1, 0.15) is 19.4 Å². The minimum atomic E-state index is 0.253. The summed E-state index contributed by atoms with van der Waals surface area (Å²) in [6.45, 7) is 3.97. The van der Waals surface area contributed by atoms with Crippen LogP contribution in [0, 0.1) is 11.3 Å². The van der Waals surface area contributed by atoms with E-state index < -0.39 is 0 Å². The molecule has 0 aromatic carbocycles. The highest BCUT2D eigenvalue weighted by atomic mass is 15.0. The summed E-state index contributed by atoms with van der Waals surface area (Å²) >= 11 is 0. The Morgan fingerprint density at radius 1 is 1.62 bits per heavy atom. The average molecular weight is 171 g/mol. The number of hydrogen-bond donors (Lipinski definition) is 1. The second kappa shape index (κ2) is 3.95. The number of nitriles is 1. The summed E-state index contributed by atoms with van der Waals surface area (Å²) in [5.74, 6) is 0.590. The van der Waals surface area contributed by atoms with Crippen LogP contribution in [0.5, 0.6) is 0 Å². The molecule has 0 unspecified atom stereocenters. The fourth-order valence-corrected chi connectivity index (χ4v) is 0.955. The Bertz CT molecular complexity index is 341. The van der Waals surface area contributed by atoms with Gasteiger partial charge in [0.05, 0.1) is 5.56 Å². The molecule has 0 aliphatic heterocycles. The molecule has 64 valence electrons. The summed E-state index contributed by atoms with van der Waals surface area (Å²) in [5.41, 5.74) is 0.986. The van der Waals surface area contributed by atoms with Gasteiger partial charge in [-0.2, -0.15) is 5.26 Å². The third-order valence-corrected chi connectivity index (χ3v) is 1.45. The monoisotopic (exact) mass is 171 g/mol. The van der Waals surface area contributed by atoms with Gasteiger partial charge in [0.2, 0.25) is 0 Å². The first-order valence-corrected chi connectivity index (χ1v) is 4.05. The van der Waals surface area contributed by atoms with E-state index in [0.29, 0.717) is 16.8 Å². The molecule has 0 amide bonds. The molecule has 1 aromatic heterocycles. The normalized spacial score (nSPS) is 9.69. The number of nitrogens with one attached hydrogen (secondary N) is 1. The maximum absolute atomic E-state index is 8.77. The smallest absolute Gasteiger partial charge is 0.144 e. The van der Waals surface area contributed by atoms with Crippen molar-refractivity contribution in [1.29, 1.82) is 5.26 Å². The molecule has 1 heterocycles. The van der Waals surface area contributed by atoms with Crippen LogP contribution in [-0.2, 0) is 0 Å². The molecule has 1 aromatic rings. The van der Waals surface area contributed by atoms with E-state index in [1.807, 2.05) is 19.9 Å². The van der Waals surface area contributed by atoms with E-state index in [0.717, 1.165) is 0 Å². The van der Waals surface area contributed by atoms with Gasteiger partial charge in [0, 0.05) is 12.2 Å². The lowest BCUT2D eigenvalue weighted by Crippen LogP contribution is -2.15. The lowest BCUT2D eigenvalue weighted by Gasteiger charge is -2.10. The number of hydrogen-bond acceptors (Lipinski definition) is 3. The summed E-state index contributed by atoms with van der Waals surface area (Å²) in [6.07, 6.45) is 1.53. The van der Waals surface area contributed by atoms with Gasteiger partial charge in [0.1, 0.15) is 19.7 Å². The van der Waals surface area contributed by atoms with Crippen molar-refractivity contribution in [3.8, 4) is 6.07 Å². The fourth-order valence-electron chi connectivity index (χ4n) is 0.955. The summed E-state index contributed by atoms with van der Waals surface area (Å²) in [4.78, 5) is 4.03. The standard InChI is InChI=1S/C9H10BN3/c1-6(2)13-9-7(4-11)3-8(10)5-12-9/h3,5-6H,1-2H3,(H,12,13). The lowest BCUT2D eigenvalue weighted by molar-refractivity contribution is 0.888.